The van der Waals surface area contributed by atoms with Crippen LogP contribution in [0.25, 0.3) is 114 Å². The minimum Gasteiger partial charge on any atom is -0.135 e. The number of fused-ring (bicyclic) bond motifs is 4. The second kappa shape index (κ2) is 11.1. The van der Waals surface area contributed by atoms with Gasteiger partial charge in [-0.3, -0.25) is 0 Å². The maximum atomic E-state index is 2.48. The lowest BCUT2D eigenvalue weighted by molar-refractivity contribution is 1.74. The van der Waals surface area contributed by atoms with E-state index in [9.17, 15) is 0 Å². The van der Waals surface area contributed by atoms with E-state index in [0.29, 0.717) is 0 Å². The summed E-state index contributed by atoms with van der Waals surface area (Å²) in [5, 5.41) is 13.2. The third kappa shape index (κ3) is 4.30. The number of rotatable bonds is 4. The molecule has 0 bridgehead atoms. The molecule has 0 unspecified atom stereocenters. The molecule has 0 atom stereocenters. The molecule has 12 aromatic rings. The third-order valence-electron chi connectivity index (χ3n) is 10.7. The van der Waals surface area contributed by atoms with Crippen molar-refractivity contribution in [3.05, 3.63) is 158 Å². The molecule has 0 aliphatic heterocycles. The minimum atomic E-state index is 1.30. The van der Waals surface area contributed by atoms with Crippen LogP contribution in [0.2, 0.25) is 0 Å². The van der Waals surface area contributed by atoms with Gasteiger partial charge in [0.1, 0.15) is 0 Å². The summed E-state index contributed by atoms with van der Waals surface area (Å²) in [5.41, 5.74) is 5.25. The molecule has 0 spiro atoms. The quantitative estimate of drug-likeness (QED) is 0.158. The van der Waals surface area contributed by atoms with E-state index in [1.54, 1.807) is 0 Å². The van der Waals surface area contributed by atoms with Crippen molar-refractivity contribution < 1.29 is 0 Å². The molecule has 52 heavy (non-hydrogen) atoms. The monoisotopic (exact) mass is 730 g/mol. The summed E-state index contributed by atoms with van der Waals surface area (Å²) in [6.45, 7) is 0. The summed E-state index contributed by atoms with van der Waals surface area (Å²) >= 11 is 7.60. The number of hydrogen-bond donors (Lipinski definition) is 0. The summed E-state index contributed by atoms with van der Waals surface area (Å²) in [6.07, 6.45) is 0. The van der Waals surface area contributed by atoms with Crippen LogP contribution in [0.5, 0.6) is 0 Å². The van der Waals surface area contributed by atoms with E-state index in [4.69, 9.17) is 0 Å². The predicted molar refractivity (Wildman–Crippen MR) is 233 cm³/mol. The highest BCUT2D eigenvalue weighted by atomic mass is 32.1. The van der Waals surface area contributed by atoms with Gasteiger partial charge in [-0.2, -0.15) is 0 Å². The van der Waals surface area contributed by atoms with Gasteiger partial charge in [0.25, 0.3) is 0 Å². The summed E-state index contributed by atoms with van der Waals surface area (Å²) in [4.78, 5) is 5.26. The second-order valence-corrected chi connectivity index (χ2v) is 17.9. The molecule has 4 heteroatoms. The average molecular weight is 731 g/mol. The molecule has 0 nitrogen and oxygen atoms in total. The average Bonchev–Trinajstić information content (AvgIpc) is 4.00. The van der Waals surface area contributed by atoms with Gasteiger partial charge in [0, 0.05) is 60.6 Å². The molecule has 8 aromatic carbocycles. The fraction of sp³-hybridized carbons (Fsp3) is 0. The van der Waals surface area contributed by atoms with Crippen molar-refractivity contribution in [2.75, 3.05) is 0 Å². The fourth-order valence-electron chi connectivity index (χ4n) is 8.27. The highest BCUT2D eigenvalue weighted by Crippen LogP contribution is 2.52. The zero-order chi connectivity index (χ0) is 33.9. The molecule has 0 saturated heterocycles. The second-order valence-electron chi connectivity index (χ2n) is 13.6. The standard InChI is InChI=1S/C48H26S4/c1-5-13-39-27(9-1)21-43(49-39)35-25-36(44-22-28-10-2-6-14-40(28)50-44)32-19-20-34-38(46-24-30-12-4-8-16-42(30)52-46)26-37(33-18-17-31(35)47(32)48(33)34)45-23-29-11-3-7-15-41(29)51-45/h1-26H. The van der Waals surface area contributed by atoms with E-state index < -0.39 is 0 Å². The van der Waals surface area contributed by atoms with Gasteiger partial charge in [0.05, 0.1) is 0 Å². The van der Waals surface area contributed by atoms with Gasteiger partial charge < -0.3 is 0 Å². The van der Waals surface area contributed by atoms with E-state index in [2.05, 4.69) is 158 Å². The Morgan fingerprint density at radius 2 is 0.500 bits per heavy atom. The maximum absolute atomic E-state index is 2.48. The van der Waals surface area contributed by atoms with Gasteiger partial charge in [-0.1, -0.05) is 97.1 Å². The first kappa shape index (κ1) is 29.2. The largest absolute Gasteiger partial charge is 0.135 e. The molecular weight excluding hydrogens is 705 g/mol. The molecule has 0 aliphatic carbocycles. The van der Waals surface area contributed by atoms with Crippen LogP contribution in [-0.4, -0.2) is 0 Å². The van der Waals surface area contributed by atoms with E-state index in [1.807, 2.05) is 45.3 Å². The number of hydrogen-bond acceptors (Lipinski definition) is 4. The molecule has 4 aromatic heterocycles. The Balaban J connectivity index is 1.25. The Morgan fingerprint density at radius 1 is 0.250 bits per heavy atom. The third-order valence-corrected chi connectivity index (χ3v) is 15.3. The number of thiophene rings is 4. The minimum absolute atomic E-state index is 1.30. The zero-order valence-corrected chi connectivity index (χ0v) is 30.9. The molecule has 0 N–H and O–H groups in total. The molecule has 12 rings (SSSR count). The van der Waals surface area contributed by atoms with Crippen LogP contribution < -0.4 is 0 Å². The molecule has 4 heterocycles. The number of benzene rings is 8. The van der Waals surface area contributed by atoms with Gasteiger partial charge in [0.15, 0.2) is 0 Å². The molecule has 242 valence electrons. The lowest BCUT2D eigenvalue weighted by Crippen LogP contribution is -1.92. The Bertz CT molecular complexity index is 2790. The highest BCUT2D eigenvalue weighted by molar-refractivity contribution is 7.23. The van der Waals surface area contributed by atoms with Crippen molar-refractivity contribution in [2.24, 2.45) is 0 Å². The predicted octanol–water partition coefficient (Wildman–Crippen LogP) is 16.1. The van der Waals surface area contributed by atoms with Crippen molar-refractivity contribution in [3.63, 3.8) is 0 Å². The molecule has 0 aliphatic rings. The fourth-order valence-corrected chi connectivity index (χ4v) is 12.6. The van der Waals surface area contributed by atoms with Crippen LogP contribution in [0.1, 0.15) is 0 Å². The molecule has 0 radical (unpaired) electrons. The van der Waals surface area contributed by atoms with Gasteiger partial charge in [-0.15, -0.1) is 45.3 Å². The Kier molecular flexibility index (Phi) is 6.23. The molecule has 0 fully saturated rings. The van der Waals surface area contributed by atoms with Crippen molar-refractivity contribution >= 4 is 118 Å². The Hall–Kier alpha value is -5.36. The van der Waals surface area contributed by atoms with E-state index in [0.717, 1.165) is 0 Å². The summed E-state index contributed by atoms with van der Waals surface area (Å²) in [5.74, 6) is 0. The van der Waals surface area contributed by atoms with E-state index in [-0.39, 0.29) is 0 Å². The summed E-state index contributed by atoms with van der Waals surface area (Å²) in [7, 11) is 0. The zero-order valence-electron chi connectivity index (χ0n) is 27.6. The molecule has 0 saturated carbocycles. The first-order valence-electron chi connectivity index (χ1n) is 17.5. The van der Waals surface area contributed by atoms with Crippen LogP contribution in [0.15, 0.2) is 158 Å². The lowest BCUT2D eigenvalue weighted by Gasteiger charge is -2.20. The first-order chi connectivity index (χ1) is 25.7. The first-order valence-corrected chi connectivity index (χ1v) is 20.7. The van der Waals surface area contributed by atoms with Crippen LogP contribution in [0.3, 0.4) is 0 Å². The maximum Gasteiger partial charge on any atom is 0.0361 e. The van der Waals surface area contributed by atoms with Crippen molar-refractivity contribution in [2.45, 2.75) is 0 Å². The Morgan fingerprint density at radius 3 is 0.750 bits per heavy atom. The highest BCUT2D eigenvalue weighted by Gasteiger charge is 2.23. The van der Waals surface area contributed by atoms with Crippen LogP contribution >= 0.6 is 45.3 Å². The van der Waals surface area contributed by atoms with Crippen molar-refractivity contribution in [1.82, 2.24) is 0 Å². The lowest BCUT2D eigenvalue weighted by atomic mass is 9.85. The SMILES string of the molecule is c1ccc2sc(-c3cc(-c4cc5ccccc5s4)c4ccc5c(-c6cc7ccccc7s6)cc(-c6cc7ccccc7s6)c6ccc3c4c65)cc2c1. The topological polar surface area (TPSA) is 0 Å². The van der Waals surface area contributed by atoms with Crippen molar-refractivity contribution in [1.29, 1.82) is 0 Å². The normalized spacial score (nSPS) is 12.2. The molecular formula is C48H26S4. The summed E-state index contributed by atoms with van der Waals surface area (Å²) in [6, 6.07) is 59.4. The summed E-state index contributed by atoms with van der Waals surface area (Å²) < 4.78 is 5.30. The van der Waals surface area contributed by atoms with Crippen LogP contribution in [0.4, 0.5) is 0 Å². The van der Waals surface area contributed by atoms with Crippen LogP contribution in [0, 0.1) is 0 Å². The van der Waals surface area contributed by atoms with Crippen LogP contribution in [-0.2, 0) is 0 Å². The smallest absolute Gasteiger partial charge is 0.0361 e. The van der Waals surface area contributed by atoms with Crippen molar-refractivity contribution in [3.8, 4) is 41.8 Å². The van der Waals surface area contributed by atoms with E-state index >= 15 is 0 Å². The van der Waals surface area contributed by atoms with Gasteiger partial charge in [-0.05, 0) is 115 Å². The van der Waals surface area contributed by atoms with Gasteiger partial charge in [-0.25, -0.2) is 0 Å². The Labute approximate surface area is 315 Å². The molecule has 0 amide bonds. The van der Waals surface area contributed by atoms with E-state index in [1.165, 1.54) is 114 Å². The van der Waals surface area contributed by atoms with Gasteiger partial charge in [0.2, 0.25) is 0 Å². The van der Waals surface area contributed by atoms with Gasteiger partial charge >= 0.3 is 0 Å².